The van der Waals surface area contributed by atoms with Crippen molar-refractivity contribution in [2.24, 2.45) is 0 Å². The minimum Gasteiger partial charge on any atom is -0.355 e. The maximum absolute atomic E-state index is 12.8. The summed E-state index contributed by atoms with van der Waals surface area (Å²) in [5, 5.41) is 5.52. The lowest BCUT2D eigenvalue weighted by molar-refractivity contribution is -0.136. The molecule has 9 nitrogen and oxygen atoms in total. The Kier molecular flexibility index (Phi) is 19.0. The third kappa shape index (κ3) is 13.2. The lowest BCUT2D eigenvalue weighted by Crippen LogP contribution is -2.50. The standard InChI is InChI=1S/C26H51N5O4S4/c1-15(2)30(16(3)4)25(34)21(38)19(36)23(32)28-13-9-11-27-12-10-14-29-24(33)20(37)22(39)26(35)31(17(5)6)18(7)8/h15-22,27,36-39H,9-14H2,1-8H3,(H,28,32)(H,29,33). The van der Waals surface area contributed by atoms with Crippen LogP contribution in [0.15, 0.2) is 0 Å². The highest BCUT2D eigenvalue weighted by Gasteiger charge is 2.34. The van der Waals surface area contributed by atoms with Crippen LogP contribution < -0.4 is 16.0 Å². The van der Waals surface area contributed by atoms with Crippen LogP contribution in [0.2, 0.25) is 0 Å². The average Bonchev–Trinajstić information content (AvgIpc) is 2.84. The van der Waals surface area contributed by atoms with Gasteiger partial charge in [-0.1, -0.05) is 0 Å². The van der Waals surface area contributed by atoms with Crippen molar-refractivity contribution in [1.29, 1.82) is 0 Å². The number of hydrogen-bond donors (Lipinski definition) is 7. The fourth-order valence-corrected chi connectivity index (χ4v) is 5.23. The lowest BCUT2D eigenvalue weighted by Gasteiger charge is -2.33. The Labute approximate surface area is 257 Å². The Morgan fingerprint density at radius 3 is 1.05 bits per heavy atom. The first kappa shape index (κ1) is 38.2. The highest BCUT2D eigenvalue weighted by molar-refractivity contribution is 7.86. The molecule has 0 aliphatic rings. The molecule has 0 fully saturated rings. The first-order valence-electron chi connectivity index (χ1n) is 13.7. The summed E-state index contributed by atoms with van der Waals surface area (Å²) in [6.45, 7) is 17.7. The molecule has 0 aliphatic heterocycles. The third-order valence-electron chi connectivity index (χ3n) is 6.03. The van der Waals surface area contributed by atoms with Crippen LogP contribution in [0.3, 0.4) is 0 Å². The van der Waals surface area contributed by atoms with Crippen molar-refractivity contribution in [3.05, 3.63) is 0 Å². The van der Waals surface area contributed by atoms with Crippen molar-refractivity contribution in [3.63, 3.8) is 0 Å². The summed E-state index contributed by atoms with van der Waals surface area (Å²) in [5.74, 6) is -1.06. The molecular formula is C26H51N5O4S4. The van der Waals surface area contributed by atoms with Gasteiger partial charge in [0.15, 0.2) is 0 Å². The number of rotatable bonds is 18. The molecule has 0 saturated heterocycles. The van der Waals surface area contributed by atoms with E-state index in [4.69, 9.17) is 0 Å². The Morgan fingerprint density at radius 2 is 0.795 bits per heavy atom. The normalized spacial score (nSPS) is 14.8. The van der Waals surface area contributed by atoms with Crippen molar-refractivity contribution < 1.29 is 19.2 Å². The topological polar surface area (TPSA) is 111 Å². The van der Waals surface area contributed by atoms with Crippen LogP contribution in [0.5, 0.6) is 0 Å². The number of hydrogen-bond acceptors (Lipinski definition) is 9. The van der Waals surface area contributed by atoms with Crippen LogP contribution in [0, 0.1) is 0 Å². The molecule has 0 heterocycles. The molecule has 0 spiro atoms. The van der Waals surface area contributed by atoms with Crippen molar-refractivity contribution in [3.8, 4) is 0 Å². The van der Waals surface area contributed by atoms with E-state index in [0.29, 0.717) is 39.0 Å². The van der Waals surface area contributed by atoms with Gasteiger partial charge in [-0.05, 0) is 81.3 Å². The van der Waals surface area contributed by atoms with Crippen molar-refractivity contribution in [1.82, 2.24) is 25.8 Å². The van der Waals surface area contributed by atoms with Crippen molar-refractivity contribution in [2.75, 3.05) is 26.2 Å². The molecule has 3 N–H and O–H groups in total. The molecule has 0 aromatic rings. The number of nitrogens with zero attached hydrogens (tertiary/aromatic N) is 2. The van der Waals surface area contributed by atoms with E-state index >= 15 is 0 Å². The minimum atomic E-state index is -0.848. The second-order valence-electron chi connectivity index (χ2n) is 10.7. The maximum atomic E-state index is 12.8. The molecule has 0 aromatic carbocycles. The van der Waals surface area contributed by atoms with Crippen LogP contribution in [-0.4, -0.2) is 105 Å². The van der Waals surface area contributed by atoms with E-state index in [1.54, 1.807) is 9.80 Å². The van der Waals surface area contributed by atoms with E-state index in [9.17, 15) is 19.2 Å². The van der Waals surface area contributed by atoms with E-state index in [1.807, 2.05) is 55.4 Å². The van der Waals surface area contributed by atoms with Crippen molar-refractivity contribution in [2.45, 2.75) is 113 Å². The largest absolute Gasteiger partial charge is 0.355 e. The fraction of sp³-hybridized carbons (Fsp3) is 0.846. The first-order chi connectivity index (χ1) is 18.1. The summed E-state index contributed by atoms with van der Waals surface area (Å²) in [7, 11) is 0. The summed E-state index contributed by atoms with van der Waals surface area (Å²) in [6.07, 6.45) is 1.39. The highest BCUT2D eigenvalue weighted by atomic mass is 32.1. The molecule has 0 aromatic heterocycles. The van der Waals surface area contributed by atoms with Gasteiger partial charge in [0.2, 0.25) is 23.6 Å². The summed E-state index contributed by atoms with van der Waals surface area (Å²) >= 11 is 17.4. The molecule has 0 saturated carbocycles. The number of carbonyl (C=O) groups excluding carboxylic acids is 4. The number of carbonyl (C=O) groups is 4. The van der Waals surface area contributed by atoms with E-state index in [-0.39, 0.29) is 47.8 Å². The molecule has 4 amide bonds. The van der Waals surface area contributed by atoms with Gasteiger partial charge in [-0.15, -0.1) is 0 Å². The zero-order valence-electron chi connectivity index (χ0n) is 24.7. The summed E-state index contributed by atoms with van der Waals surface area (Å²) in [5.41, 5.74) is 0. The number of nitrogens with one attached hydrogen (secondary N) is 3. The summed E-state index contributed by atoms with van der Waals surface area (Å²) < 4.78 is 0. The summed E-state index contributed by atoms with van der Waals surface area (Å²) in [6, 6.07) is 0.0147. The Morgan fingerprint density at radius 1 is 0.513 bits per heavy atom. The van der Waals surface area contributed by atoms with Crippen LogP contribution >= 0.6 is 50.5 Å². The highest BCUT2D eigenvalue weighted by Crippen LogP contribution is 2.18. The molecule has 0 aliphatic carbocycles. The van der Waals surface area contributed by atoms with E-state index < -0.39 is 21.0 Å². The molecule has 4 unspecified atom stereocenters. The second kappa shape index (κ2) is 19.4. The van der Waals surface area contributed by atoms with Crippen LogP contribution in [-0.2, 0) is 19.2 Å². The summed E-state index contributed by atoms with van der Waals surface area (Å²) in [4.78, 5) is 53.8. The van der Waals surface area contributed by atoms with E-state index in [1.165, 1.54) is 0 Å². The van der Waals surface area contributed by atoms with Gasteiger partial charge in [-0.25, -0.2) is 0 Å². The van der Waals surface area contributed by atoms with Crippen molar-refractivity contribution >= 4 is 74.1 Å². The Hall–Kier alpha value is -0.760. The van der Waals surface area contributed by atoms with Gasteiger partial charge in [0, 0.05) is 37.3 Å². The molecule has 39 heavy (non-hydrogen) atoms. The Balaban J connectivity index is 4.25. The van der Waals surface area contributed by atoms with Gasteiger partial charge < -0.3 is 25.8 Å². The fourth-order valence-electron chi connectivity index (χ4n) is 4.26. The average molecular weight is 626 g/mol. The zero-order valence-corrected chi connectivity index (χ0v) is 28.3. The van der Waals surface area contributed by atoms with Gasteiger partial charge in [0.05, 0.1) is 0 Å². The molecule has 0 radical (unpaired) electrons. The molecule has 0 bridgehead atoms. The van der Waals surface area contributed by atoms with E-state index in [0.717, 1.165) is 0 Å². The second-order valence-corrected chi connectivity index (χ2v) is 12.9. The molecule has 4 atom stereocenters. The Bertz CT molecular complexity index is 707. The molecule has 228 valence electrons. The first-order valence-corrected chi connectivity index (χ1v) is 15.7. The van der Waals surface area contributed by atoms with Gasteiger partial charge in [-0.3, -0.25) is 19.2 Å². The number of amides is 4. The number of thiol groups is 4. The SMILES string of the molecule is CC(C)N(C(=O)C(S)C(S)C(=O)NCCCNCCCNC(=O)C(S)C(S)C(=O)N(C(C)C)C(C)C)C(C)C. The monoisotopic (exact) mass is 625 g/mol. The van der Waals surface area contributed by atoms with Crippen LogP contribution in [0.1, 0.15) is 68.2 Å². The van der Waals surface area contributed by atoms with Gasteiger partial charge in [0.25, 0.3) is 0 Å². The predicted molar refractivity (Wildman–Crippen MR) is 173 cm³/mol. The third-order valence-corrected chi connectivity index (χ3v) is 8.61. The smallest absolute Gasteiger partial charge is 0.237 e. The zero-order chi connectivity index (χ0) is 30.4. The van der Waals surface area contributed by atoms with Gasteiger partial charge in [0.1, 0.15) is 21.0 Å². The maximum Gasteiger partial charge on any atom is 0.237 e. The van der Waals surface area contributed by atoms with E-state index in [2.05, 4.69) is 66.5 Å². The predicted octanol–water partition coefficient (Wildman–Crippen LogP) is 2.07. The lowest BCUT2D eigenvalue weighted by atomic mass is 10.1. The van der Waals surface area contributed by atoms with Gasteiger partial charge >= 0.3 is 0 Å². The minimum absolute atomic E-state index is 0.00367. The molecule has 13 heteroatoms. The van der Waals surface area contributed by atoms with Gasteiger partial charge in [-0.2, -0.15) is 50.5 Å². The van der Waals surface area contributed by atoms with Crippen LogP contribution in [0.25, 0.3) is 0 Å². The quantitative estimate of drug-likeness (QED) is 0.0933. The molecule has 0 rings (SSSR count). The molecular weight excluding hydrogens is 575 g/mol. The van der Waals surface area contributed by atoms with Crippen LogP contribution in [0.4, 0.5) is 0 Å².